The molecule has 0 saturated carbocycles. The summed E-state index contributed by atoms with van der Waals surface area (Å²) < 4.78 is 5.63. The van der Waals surface area contributed by atoms with Crippen molar-refractivity contribution in [3.8, 4) is 10.4 Å². The van der Waals surface area contributed by atoms with Gasteiger partial charge in [-0.15, -0.1) is 11.3 Å². The van der Waals surface area contributed by atoms with E-state index < -0.39 is 12.0 Å². The molecule has 28 heavy (non-hydrogen) atoms. The second-order valence-electron chi connectivity index (χ2n) is 6.31. The quantitative estimate of drug-likeness (QED) is 0.658. The number of halogens is 1. The first-order chi connectivity index (χ1) is 13.6. The first-order valence-corrected chi connectivity index (χ1v) is 9.88. The fraction of sp³-hybridized carbons (Fsp3) is 0.263. The largest absolute Gasteiger partial charge is 0.469 e. The average Bonchev–Trinajstić information content (AvgIpc) is 3.14. The van der Waals surface area contributed by atoms with Crippen molar-refractivity contribution >= 4 is 50.8 Å². The minimum absolute atomic E-state index is 0.0384. The molecule has 3 heterocycles. The molecule has 144 valence electrons. The first-order valence-electron chi connectivity index (χ1n) is 8.68. The topological polar surface area (TPSA) is 84.4 Å². The van der Waals surface area contributed by atoms with E-state index >= 15 is 0 Å². The minimum Gasteiger partial charge on any atom is -0.469 e. The third-order valence-corrected chi connectivity index (χ3v) is 6.03. The number of anilines is 1. The van der Waals surface area contributed by atoms with E-state index in [4.69, 9.17) is 16.3 Å². The molecule has 1 N–H and O–H groups in total. The first kappa shape index (κ1) is 18.6. The summed E-state index contributed by atoms with van der Waals surface area (Å²) in [6.07, 6.45) is 1.45. The lowest BCUT2D eigenvalue weighted by molar-refractivity contribution is -0.143. The third-order valence-electron chi connectivity index (χ3n) is 4.61. The van der Waals surface area contributed by atoms with Crippen LogP contribution < -0.4 is 10.2 Å². The maximum absolute atomic E-state index is 12.4. The van der Waals surface area contributed by atoms with Crippen molar-refractivity contribution in [2.45, 2.75) is 12.5 Å². The van der Waals surface area contributed by atoms with Crippen LogP contribution in [-0.4, -0.2) is 48.1 Å². The van der Waals surface area contributed by atoms with Gasteiger partial charge in [0.05, 0.1) is 23.7 Å². The predicted octanol–water partition coefficient (Wildman–Crippen LogP) is 2.88. The normalized spacial score (nSPS) is 16.9. The number of esters is 1. The van der Waals surface area contributed by atoms with Crippen molar-refractivity contribution in [3.63, 3.8) is 0 Å². The van der Waals surface area contributed by atoms with Gasteiger partial charge in [0.2, 0.25) is 5.91 Å². The lowest BCUT2D eigenvalue weighted by Gasteiger charge is -2.35. The summed E-state index contributed by atoms with van der Waals surface area (Å²) >= 11 is 7.53. The van der Waals surface area contributed by atoms with Crippen LogP contribution in [0.15, 0.2) is 36.7 Å². The fourth-order valence-corrected chi connectivity index (χ4v) is 4.46. The molecule has 0 aliphatic carbocycles. The Kier molecular flexibility index (Phi) is 5.15. The third kappa shape index (κ3) is 3.53. The Bertz CT molecular complexity index is 1040. The number of rotatable bonds is 4. The van der Waals surface area contributed by atoms with Gasteiger partial charge >= 0.3 is 5.97 Å². The van der Waals surface area contributed by atoms with Crippen LogP contribution in [0.5, 0.6) is 0 Å². The number of nitrogens with zero attached hydrogens (tertiary/aromatic N) is 3. The molecule has 1 fully saturated rings. The van der Waals surface area contributed by atoms with Gasteiger partial charge in [0.1, 0.15) is 12.4 Å². The number of carbonyl (C=O) groups excluding carboxylic acids is 2. The number of methoxy groups -OCH3 is 1. The number of nitrogens with one attached hydrogen (secondary N) is 1. The zero-order chi connectivity index (χ0) is 19.7. The average molecular weight is 417 g/mol. The molecule has 0 spiro atoms. The molecule has 1 atom stereocenters. The molecule has 9 heteroatoms. The Morgan fingerprint density at radius 2 is 2.14 bits per heavy atom. The molecule has 0 bridgehead atoms. The van der Waals surface area contributed by atoms with E-state index in [9.17, 15) is 9.59 Å². The van der Waals surface area contributed by atoms with Gasteiger partial charge in [0.25, 0.3) is 0 Å². The highest BCUT2D eigenvalue weighted by molar-refractivity contribution is 7.22. The molecule has 1 saturated heterocycles. The Hall–Kier alpha value is -2.71. The zero-order valence-corrected chi connectivity index (χ0v) is 16.6. The molecule has 3 aromatic rings. The van der Waals surface area contributed by atoms with E-state index in [1.807, 2.05) is 35.2 Å². The summed E-state index contributed by atoms with van der Waals surface area (Å²) in [5, 5.41) is 3.48. The molecule has 0 radical (unpaired) electrons. The van der Waals surface area contributed by atoms with E-state index in [-0.39, 0.29) is 12.3 Å². The number of carbonyl (C=O) groups is 2. The van der Waals surface area contributed by atoms with Gasteiger partial charge in [-0.25, -0.2) is 9.97 Å². The van der Waals surface area contributed by atoms with Gasteiger partial charge in [0.15, 0.2) is 5.82 Å². The molecular weight excluding hydrogens is 400 g/mol. The second-order valence-corrected chi connectivity index (χ2v) is 7.80. The fourth-order valence-electron chi connectivity index (χ4n) is 3.22. The van der Waals surface area contributed by atoms with Gasteiger partial charge in [-0.1, -0.05) is 23.7 Å². The van der Waals surface area contributed by atoms with Crippen LogP contribution in [0.3, 0.4) is 0 Å². The second kappa shape index (κ2) is 7.73. The maximum Gasteiger partial charge on any atom is 0.308 e. The van der Waals surface area contributed by atoms with Crippen molar-refractivity contribution in [2.24, 2.45) is 0 Å². The van der Waals surface area contributed by atoms with Crippen LogP contribution >= 0.6 is 22.9 Å². The van der Waals surface area contributed by atoms with Crippen LogP contribution in [0.1, 0.15) is 6.42 Å². The van der Waals surface area contributed by atoms with Crippen molar-refractivity contribution in [1.29, 1.82) is 0 Å². The number of hydrogen-bond acceptors (Lipinski definition) is 7. The van der Waals surface area contributed by atoms with Crippen molar-refractivity contribution in [1.82, 2.24) is 15.3 Å². The smallest absolute Gasteiger partial charge is 0.308 e. The van der Waals surface area contributed by atoms with E-state index in [2.05, 4.69) is 15.3 Å². The van der Waals surface area contributed by atoms with E-state index in [1.165, 1.54) is 13.4 Å². The van der Waals surface area contributed by atoms with Crippen LogP contribution in [0.4, 0.5) is 5.82 Å². The van der Waals surface area contributed by atoms with Gasteiger partial charge < -0.3 is 15.0 Å². The number of fused-ring (bicyclic) bond motifs is 1. The minimum atomic E-state index is -0.666. The van der Waals surface area contributed by atoms with Crippen molar-refractivity contribution < 1.29 is 14.3 Å². The molecule has 1 aliphatic heterocycles. The number of aromatic nitrogens is 2. The molecule has 1 aromatic carbocycles. The summed E-state index contributed by atoms with van der Waals surface area (Å²) in [5.74, 6) is 0.00208. The lowest BCUT2D eigenvalue weighted by atomic mass is 10.1. The van der Waals surface area contributed by atoms with Gasteiger partial charge in [0, 0.05) is 23.0 Å². The number of thiophene rings is 1. The number of amides is 1. The van der Waals surface area contributed by atoms with Crippen molar-refractivity contribution in [2.75, 3.05) is 25.1 Å². The highest BCUT2D eigenvalue weighted by atomic mass is 35.5. The summed E-state index contributed by atoms with van der Waals surface area (Å²) in [6, 6.07) is 8.92. The van der Waals surface area contributed by atoms with Gasteiger partial charge in [-0.2, -0.15) is 0 Å². The molecular formula is C19H17ClN4O3S. The van der Waals surface area contributed by atoms with Gasteiger partial charge in [-0.3, -0.25) is 9.59 Å². The predicted molar refractivity (Wildman–Crippen MR) is 109 cm³/mol. The summed E-state index contributed by atoms with van der Waals surface area (Å²) in [4.78, 5) is 35.9. The highest BCUT2D eigenvalue weighted by Crippen LogP contribution is 2.38. The Balaban J connectivity index is 1.75. The van der Waals surface area contributed by atoms with E-state index in [0.29, 0.717) is 23.9 Å². The zero-order valence-electron chi connectivity index (χ0n) is 15.0. The van der Waals surface area contributed by atoms with Crippen LogP contribution in [0, 0.1) is 0 Å². The lowest BCUT2D eigenvalue weighted by Crippen LogP contribution is -2.56. The summed E-state index contributed by atoms with van der Waals surface area (Å²) in [5.41, 5.74) is 1.82. The number of benzene rings is 1. The summed E-state index contributed by atoms with van der Waals surface area (Å²) in [7, 11) is 1.31. The number of hydrogen-bond donors (Lipinski definition) is 1. The van der Waals surface area contributed by atoms with E-state index in [0.717, 1.165) is 20.7 Å². The highest BCUT2D eigenvalue weighted by Gasteiger charge is 2.34. The van der Waals surface area contributed by atoms with Crippen LogP contribution in [0.2, 0.25) is 5.02 Å². The molecule has 1 aliphatic rings. The standard InChI is InChI=1S/C19H17ClN4O3S/c1-27-16(25)9-14-19(26)21-6-7-24(14)18-17-13(22-10-23-18)8-15(28-17)11-2-4-12(20)5-3-11/h2-5,8,10,14H,6-7,9H2,1H3,(H,21,26)/t14-/m0/s1. The van der Waals surface area contributed by atoms with Crippen molar-refractivity contribution in [3.05, 3.63) is 41.7 Å². The molecule has 0 unspecified atom stereocenters. The SMILES string of the molecule is COC(=O)C[C@H]1C(=O)NCCN1c1ncnc2cc(-c3ccc(Cl)cc3)sc12. The number of piperazine rings is 1. The Labute approximate surface area is 170 Å². The molecule has 1 amide bonds. The van der Waals surface area contributed by atoms with Crippen LogP contribution in [-0.2, 0) is 14.3 Å². The van der Waals surface area contributed by atoms with E-state index in [1.54, 1.807) is 11.3 Å². The monoisotopic (exact) mass is 416 g/mol. The molecule has 2 aromatic heterocycles. The molecule has 4 rings (SSSR count). The molecule has 7 nitrogen and oxygen atoms in total. The Morgan fingerprint density at radius 3 is 2.89 bits per heavy atom. The maximum atomic E-state index is 12.4. The Morgan fingerprint density at radius 1 is 1.36 bits per heavy atom. The van der Waals surface area contributed by atoms with Crippen LogP contribution in [0.25, 0.3) is 20.7 Å². The number of ether oxygens (including phenoxy) is 1. The summed E-state index contributed by atoms with van der Waals surface area (Å²) in [6.45, 7) is 1.03. The van der Waals surface area contributed by atoms with Gasteiger partial charge in [-0.05, 0) is 23.8 Å².